The van der Waals surface area contributed by atoms with Gasteiger partial charge in [0.2, 0.25) is 0 Å². The van der Waals surface area contributed by atoms with Crippen LogP contribution in [0.4, 0.5) is 8.78 Å². The van der Waals surface area contributed by atoms with Gasteiger partial charge in [0.25, 0.3) is 0 Å². The van der Waals surface area contributed by atoms with Crippen LogP contribution in [0.1, 0.15) is 0 Å². The van der Waals surface area contributed by atoms with Crippen LogP contribution in [0.2, 0.25) is 0 Å². The van der Waals surface area contributed by atoms with Crippen LogP contribution in [0.15, 0.2) is 53.4 Å². The Morgan fingerprint density at radius 2 is 1.61 bits per heavy atom. The summed E-state index contributed by atoms with van der Waals surface area (Å²) in [4.78, 5) is 1.14. The summed E-state index contributed by atoms with van der Waals surface area (Å²) in [5.41, 5.74) is 0. The van der Waals surface area contributed by atoms with E-state index in [1.54, 1.807) is 11.8 Å². The molecule has 0 aliphatic carbocycles. The monoisotopic (exact) mass is 266 g/mol. The number of halogens is 2. The highest BCUT2D eigenvalue weighted by Gasteiger charge is 2.01. The fourth-order valence-corrected chi connectivity index (χ4v) is 2.20. The summed E-state index contributed by atoms with van der Waals surface area (Å²) < 4.78 is 31.0. The molecule has 0 bridgehead atoms. The summed E-state index contributed by atoms with van der Waals surface area (Å²) in [5, 5.41) is 0. The van der Waals surface area contributed by atoms with Crippen molar-refractivity contribution in [1.29, 1.82) is 0 Å². The molecule has 1 nitrogen and oxygen atoms in total. The minimum atomic E-state index is -0.624. The van der Waals surface area contributed by atoms with Gasteiger partial charge >= 0.3 is 0 Å². The summed E-state index contributed by atoms with van der Waals surface area (Å²) in [6, 6.07) is 13.1. The molecule has 94 valence electrons. The fraction of sp³-hybridized carbons (Fsp3) is 0.143. The number of ether oxygens (including phenoxy) is 1. The van der Waals surface area contributed by atoms with Gasteiger partial charge in [0.15, 0.2) is 0 Å². The highest BCUT2D eigenvalue weighted by molar-refractivity contribution is 7.99. The number of hydrogen-bond acceptors (Lipinski definition) is 2. The van der Waals surface area contributed by atoms with E-state index in [2.05, 4.69) is 0 Å². The maximum Gasteiger partial charge on any atom is 0.129 e. The Morgan fingerprint density at radius 3 is 2.28 bits per heavy atom. The Bertz CT molecular complexity index is 482. The van der Waals surface area contributed by atoms with Crippen LogP contribution in [0.25, 0.3) is 0 Å². The van der Waals surface area contributed by atoms with Crippen LogP contribution in [0.5, 0.6) is 5.75 Å². The number of benzene rings is 2. The van der Waals surface area contributed by atoms with E-state index in [-0.39, 0.29) is 5.75 Å². The average molecular weight is 266 g/mol. The lowest BCUT2D eigenvalue weighted by molar-refractivity contribution is 0.339. The van der Waals surface area contributed by atoms with Crippen LogP contribution in [-0.4, -0.2) is 12.4 Å². The van der Waals surface area contributed by atoms with Crippen molar-refractivity contribution in [1.82, 2.24) is 0 Å². The lowest BCUT2D eigenvalue weighted by Crippen LogP contribution is -2.00. The zero-order valence-corrected chi connectivity index (χ0v) is 10.4. The van der Waals surface area contributed by atoms with Gasteiger partial charge in [-0.15, -0.1) is 11.8 Å². The lowest BCUT2D eigenvalue weighted by atomic mass is 10.3. The zero-order chi connectivity index (χ0) is 12.8. The predicted molar refractivity (Wildman–Crippen MR) is 69.0 cm³/mol. The third-order valence-electron chi connectivity index (χ3n) is 2.20. The van der Waals surface area contributed by atoms with Gasteiger partial charge in [-0.05, 0) is 12.1 Å². The van der Waals surface area contributed by atoms with Gasteiger partial charge < -0.3 is 4.74 Å². The van der Waals surface area contributed by atoms with E-state index in [0.29, 0.717) is 6.61 Å². The van der Waals surface area contributed by atoms with Gasteiger partial charge in [-0.1, -0.05) is 18.2 Å². The second-order valence-electron chi connectivity index (χ2n) is 3.62. The van der Waals surface area contributed by atoms with E-state index < -0.39 is 11.6 Å². The van der Waals surface area contributed by atoms with Crippen molar-refractivity contribution in [3.05, 3.63) is 60.2 Å². The van der Waals surface area contributed by atoms with Crippen LogP contribution < -0.4 is 4.74 Å². The third-order valence-corrected chi connectivity index (χ3v) is 3.18. The predicted octanol–water partition coefficient (Wildman–Crippen LogP) is 4.14. The smallest absolute Gasteiger partial charge is 0.129 e. The molecule has 0 unspecified atom stereocenters. The van der Waals surface area contributed by atoms with Crippen molar-refractivity contribution in [2.24, 2.45) is 0 Å². The molecule has 0 fully saturated rings. The van der Waals surface area contributed by atoms with E-state index in [9.17, 15) is 8.78 Å². The molecule has 0 atom stereocenters. The SMILES string of the molecule is Fc1cc(F)cc(OCCSc2ccccc2)c1. The highest BCUT2D eigenvalue weighted by Crippen LogP contribution is 2.18. The molecule has 0 N–H and O–H groups in total. The normalized spacial score (nSPS) is 10.3. The molecule has 0 amide bonds. The molecule has 0 aromatic heterocycles. The van der Waals surface area contributed by atoms with E-state index >= 15 is 0 Å². The summed E-state index contributed by atoms with van der Waals surface area (Å²) in [6.07, 6.45) is 0. The molecular formula is C14H12F2OS. The van der Waals surface area contributed by atoms with Crippen LogP contribution in [0, 0.1) is 11.6 Å². The second kappa shape index (κ2) is 6.40. The van der Waals surface area contributed by atoms with Crippen molar-refractivity contribution in [3.63, 3.8) is 0 Å². The molecule has 0 saturated carbocycles. The van der Waals surface area contributed by atoms with Crippen molar-refractivity contribution in [2.45, 2.75) is 4.90 Å². The standard InChI is InChI=1S/C14H12F2OS/c15-11-8-12(16)10-13(9-11)17-6-7-18-14-4-2-1-3-5-14/h1-5,8-10H,6-7H2. The Morgan fingerprint density at radius 1 is 0.944 bits per heavy atom. The summed E-state index contributed by atoms with van der Waals surface area (Å²) in [6.45, 7) is 0.405. The fourth-order valence-electron chi connectivity index (χ4n) is 1.45. The number of rotatable bonds is 5. The molecule has 0 heterocycles. The minimum Gasteiger partial charge on any atom is -0.493 e. The van der Waals surface area contributed by atoms with E-state index in [1.165, 1.54) is 12.1 Å². The molecule has 0 spiro atoms. The largest absolute Gasteiger partial charge is 0.493 e. The molecule has 0 radical (unpaired) electrons. The van der Waals surface area contributed by atoms with E-state index in [1.807, 2.05) is 30.3 Å². The Hall–Kier alpha value is -1.55. The molecule has 2 rings (SSSR count). The van der Waals surface area contributed by atoms with Gasteiger partial charge in [0.1, 0.15) is 17.4 Å². The number of hydrogen-bond donors (Lipinski definition) is 0. The Kier molecular flexibility index (Phi) is 4.59. The highest BCUT2D eigenvalue weighted by atomic mass is 32.2. The molecule has 18 heavy (non-hydrogen) atoms. The average Bonchev–Trinajstić information content (AvgIpc) is 2.35. The number of thioether (sulfide) groups is 1. The van der Waals surface area contributed by atoms with Gasteiger partial charge in [-0.2, -0.15) is 0 Å². The molecule has 4 heteroatoms. The lowest BCUT2D eigenvalue weighted by Gasteiger charge is -2.06. The Labute approximate surface area is 109 Å². The second-order valence-corrected chi connectivity index (χ2v) is 4.78. The first-order valence-corrected chi connectivity index (χ1v) is 6.49. The van der Waals surface area contributed by atoms with Gasteiger partial charge in [0, 0.05) is 28.8 Å². The first kappa shape index (κ1) is 12.9. The van der Waals surface area contributed by atoms with Crippen molar-refractivity contribution in [2.75, 3.05) is 12.4 Å². The first-order chi connectivity index (χ1) is 8.74. The van der Waals surface area contributed by atoms with E-state index in [4.69, 9.17) is 4.74 Å². The summed E-state index contributed by atoms with van der Waals surface area (Å²) >= 11 is 1.64. The van der Waals surface area contributed by atoms with Crippen molar-refractivity contribution < 1.29 is 13.5 Å². The van der Waals surface area contributed by atoms with Crippen LogP contribution in [0.3, 0.4) is 0 Å². The molecule has 2 aromatic carbocycles. The van der Waals surface area contributed by atoms with E-state index in [0.717, 1.165) is 16.7 Å². The quantitative estimate of drug-likeness (QED) is 0.594. The summed E-state index contributed by atoms with van der Waals surface area (Å²) in [7, 11) is 0. The topological polar surface area (TPSA) is 9.23 Å². The molecule has 0 saturated heterocycles. The molecule has 0 aliphatic heterocycles. The van der Waals surface area contributed by atoms with Gasteiger partial charge in [0.05, 0.1) is 6.61 Å². The maximum atomic E-state index is 12.9. The Balaban J connectivity index is 1.78. The molecule has 2 aromatic rings. The van der Waals surface area contributed by atoms with Gasteiger partial charge in [-0.3, -0.25) is 0 Å². The van der Waals surface area contributed by atoms with Gasteiger partial charge in [-0.25, -0.2) is 8.78 Å². The van der Waals surface area contributed by atoms with Crippen LogP contribution in [-0.2, 0) is 0 Å². The van der Waals surface area contributed by atoms with Crippen molar-refractivity contribution >= 4 is 11.8 Å². The first-order valence-electron chi connectivity index (χ1n) is 5.51. The molecule has 0 aliphatic rings. The summed E-state index contributed by atoms with van der Waals surface area (Å²) in [5.74, 6) is -0.301. The maximum absolute atomic E-state index is 12.9. The van der Waals surface area contributed by atoms with Crippen molar-refractivity contribution in [3.8, 4) is 5.75 Å². The minimum absolute atomic E-state index is 0.223. The zero-order valence-electron chi connectivity index (χ0n) is 9.61. The third kappa shape index (κ3) is 4.04. The van der Waals surface area contributed by atoms with Crippen LogP contribution >= 0.6 is 11.8 Å². The molecular weight excluding hydrogens is 254 g/mol.